The monoisotopic (exact) mass is 303 g/mol. The van der Waals surface area contributed by atoms with Crippen LogP contribution in [-0.4, -0.2) is 12.8 Å². The fraction of sp³-hybridized carbons (Fsp3) is 0.235. The SMILES string of the molecule is CN=C1CC[C@@H](c2ccc(Cl)c(Cl)c2)c2ccccc21. The van der Waals surface area contributed by atoms with Gasteiger partial charge in [0.2, 0.25) is 0 Å². The van der Waals surface area contributed by atoms with Gasteiger partial charge in [-0.25, -0.2) is 0 Å². The second-order valence-corrected chi connectivity index (χ2v) is 5.84. The quantitative estimate of drug-likeness (QED) is 0.674. The lowest BCUT2D eigenvalue weighted by atomic mass is 9.78. The summed E-state index contributed by atoms with van der Waals surface area (Å²) in [4.78, 5) is 4.42. The van der Waals surface area contributed by atoms with E-state index in [0.717, 1.165) is 12.8 Å². The fourth-order valence-electron chi connectivity index (χ4n) is 2.94. The molecule has 3 heteroatoms. The Bertz CT molecular complexity index is 676. The van der Waals surface area contributed by atoms with Crippen LogP contribution in [0.3, 0.4) is 0 Å². The Kier molecular flexibility index (Phi) is 3.82. The molecule has 0 saturated carbocycles. The Morgan fingerprint density at radius 3 is 2.60 bits per heavy atom. The molecular formula is C17H15Cl2N. The highest BCUT2D eigenvalue weighted by atomic mass is 35.5. The molecule has 1 atom stereocenters. The van der Waals surface area contributed by atoms with Crippen LogP contribution in [0.1, 0.15) is 35.4 Å². The highest BCUT2D eigenvalue weighted by Gasteiger charge is 2.25. The zero-order valence-corrected chi connectivity index (χ0v) is 12.7. The van der Waals surface area contributed by atoms with Crippen molar-refractivity contribution in [1.29, 1.82) is 0 Å². The molecule has 2 aromatic rings. The molecule has 0 saturated heterocycles. The van der Waals surface area contributed by atoms with E-state index in [1.54, 1.807) is 0 Å². The van der Waals surface area contributed by atoms with E-state index >= 15 is 0 Å². The van der Waals surface area contributed by atoms with Crippen LogP contribution < -0.4 is 0 Å². The van der Waals surface area contributed by atoms with Gasteiger partial charge in [-0.1, -0.05) is 53.5 Å². The first kappa shape index (κ1) is 13.7. The van der Waals surface area contributed by atoms with Crippen molar-refractivity contribution < 1.29 is 0 Å². The third kappa shape index (κ3) is 2.36. The van der Waals surface area contributed by atoms with E-state index in [9.17, 15) is 0 Å². The van der Waals surface area contributed by atoms with Crippen LogP contribution >= 0.6 is 23.2 Å². The maximum atomic E-state index is 6.16. The second-order valence-electron chi connectivity index (χ2n) is 5.02. The Hall–Kier alpha value is -1.31. The van der Waals surface area contributed by atoms with Crippen molar-refractivity contribution in [2.24, 2.45) is 4.99 Å². The number of fused-ring (bicyclic) bond motifs is 1. The molecule has 1 aliphatic carbocycles. The summed E-state index contributed by atoms with van der Waals surface area (Å²) in [6.45, 7) is 0. The number of hydrogen-bond donors (Lipinski definition) is 0. The van der Waals surface area contributed by atoms with Crippen LogP contribution in [0, 0.1) is 0 Å². The summed E-state index contributed by atoms with van der Waals surface area (Å²) in [5.74, 6) is 0.367. The Balaban J connectivity index is 2.09. The summed E-state index contributed by atoms with van der Waals surface area (Å²) < 4.78 is 0. The number of benzene rings is 2. The molecule has 102 valence electrons. The summed E-state index contributed by atoms with van der Waals surface area (Å²) in [7, 11) is 1.87. The van der Waals surface area contributed by atoms with Crippen LogP contribution in [0.4, 0.5) is 0 Å². The van der Waals surface area contributed by atoms with E-state index in [4.69, 9.17) is 23.2 Å². The molecule has 20 heavy (non-hydrogen) atoms. The molecule has 0 bridgehead atoms. The minimum Gasteiger partial charge on any atom is -0.292 e. The molecule has 1 aliphatic rings. The zero-order chi connectivity index (χ0) is 14.1. The van der Waals surface area contributed by atoms with E-state index in [0.29, 0.717) is 16.0 Å². The third-order valence-corrected chi connectivity index (χ3v) is 4.67. The van der Waals surface area contributed by atoms with Crippen LogP contribution in [-0.2, 0) is 0 Å². The number of hydrogen-bond acceptors (Lipinski definition) is 1. The second kappa shape index (κ2) is 5.59. The molecule has 0 amide bonds. The topological polar surface area (TPSA) is 12.4 Å². The number of rotatable bonds is 1. The van der Waals surface area contributed by atoms with Gasteiger partial charge < -0.3 is 0 Å². The average molecular weight is 304 g/mol. The Morgan fingerprint density at radius 2 is 1.85 bits per heavy atom. The van der Waals surface area contributed by atoms with Crippen molar-refractivity contribution in [2.75, 3.05) is 7.05 Å². The van der Waals surface area contributed by atoms with Gasteiger partial charge in [-0.15, -0.1) is 0 Å². The van der Waals surface area contributed by atoms with E-state index in [-0.39, 0.29) is 0 Å². The van der Waals surface area contributed by atoms with Crippen molar-refractivity contribution in [2.45, 2.75) is 18.8 Å². The van der Waals surface area contributed by atoms with Crippen LogP contribution in [0.25, 0.3) is 0 Å². The van der Waals surface area contributed by atoms with E-state index < -0.39 is 0 Å². The van der Waals surface area contributed by atoms with Crippen LogP contribution in [0.15, 0.2) is 47.5 Å². The van der Waals surface area contributed by atoms with Gasteiger partial charge in [-0.2, -0.15) is 0 Å². The first-order valence-electron chi connectivity index (χ1n) is 6.70. The third-order valence-electron chi connectivity index (χ3n) is 3.93. The number of halogens is 2. The van der Waals surface area contributed by atoms with Gasteiger partial charge in [0.05, 0.1) is 10.0 Å². The minimum absolute atomic E-state index is 0.367. The van der Waals surface area contributed by atoms with Crippen molar-refractivity contribution >= 4 is 28.9 Å². The molecule has 3 rings (SSSR count). The molecule has 0 spiro atoms. The van der Waals surface area contributed by atoms with Crippen molar-refractivity contribution in [1.82, 2.24) is 0 Å². The van der Waals surface area contributed by atoms with Gasteiger partial charge in [-0.05, 0) is 41.7 Å². The van der Waals surface area contributed by atoms with Gasteiger partial charge in [0.25, 0.3) is 0 Å². The van der Waals surface area contributed by atoms with Crippen molar-refractivity contribution in [3.05, 3.63) is 69.2 Å². The zero-order valence-electron chi connectivity index (χ0n) is 11.2. The summed E-state index contributed by atoms with van der Waals surface area (Å²) >= 11 is 12.2. The highest BCUT2D eigenvalue weighted by molar-refractivity contribution is 6.42. The molecule has 0 aromatic heterocycles. The molecule has 2 aromatic carbocycles. The molecule has 1 nitrogen and oxygen atoms in total. The maximum absolute atomic E-state index is 6.16. The van der Waals surface area contributed by atoms with Gasteiger partial charge in [-0.3, -0.25) is 4.99 Å². The first-order chi connectivity index (χ1) is 9.70. The predicted octanol–water partition coefficient (Wildman–Crippen LogP) is 5.34. The minimum atomic E-state index is 0.367. The van der Waals surface area contributed by atoms with Gasteiger partial charge >= 0.3 is 0 Å². The molecule has 0 fully saturated rings. The van der Waals surface area contributed by atoms with Crippen molar-refractivity contribution in [3.8, 4) is 0 Å². The number of nitrogens with zero attached hydrogens (tertiary/aromatic N) is 1. The lowest BCUT2D eigenvalue weighted by molar-refractivity contribution is 0.722. The first-order valence-corrected chi connectivity index (χ1v) is 7.46. The molecule has 0 N–H and O–H groups in total. The Labute approximate surface area is 129 Å². The van der Waals surface area contributed by atoms with E-state index in [1.807, 2.05) is 19.2 Å². The molecule has 0 radical (unpaired) electrons. The predicted molar refractivity (Wildman–Crippen MR) is 86.4 cm³/mol. The lowest BCUT2D eigenvalue weighted by Gasteiger charge is -2.27. The highest BCUT2D eigenvalue weighted by Crippen LogP contribution is 2.38. The summed E-state index contributed by atoms with van der Waals surface area (Å²) in [5, 5.41) is 1.23. The average Bonchev–Trinajstić information content (AvgIpc) is 2.49. The van der Waals surface area contributed by atoms with E-state index in [2.05, 4.69) is 35.3 Å². The molecule has 0 heterocycles. The van der Waals surface area contributed by atoms with Gasteiger partial charge in [0.15, 0.2) is 0 Å². The fourth-order valence-corrected chi connectivity index (χ4v) is 3.25. The molecule has 0 aliphatic heterocycles. The summed E-state index contributed by atoms with van der Waals surface area (Å²) in [6, 6.07) is 14.4. The smallest absolute Gasteiger partial charge is 0.0595 e. The standard InChI is InChI=1S/C17H15Cl2N/c1-20-17-9-7-12(13-4-2-3-5-14(13)17)11-6-8-15(18)16(19)10-11/h2-6,8,10,12H,7,9H2,1H3/t12-/m0/s1. The lowest BCUT2D eigenvalue weighted by Crippen LogP contribution is -2.17. The maximum Gasteiger partial charge on any atom is 0.0595 e. The largest absolute Gasteiger partial charge is 0.292 e. The van der Waals surface area contributed by atoms with Crippen LogP contribution in [0.2, 0.25) is 10.0 Å². The van der Waals surface area contributed by atoms with Crippen molar-refractivity contribution in [3.63, 3.8) is 0 Å². The van der Waals surface area contributed by atoms with E-state index in [1.165, 1.54) is 22.4 Å². The van der Waals surface area contributed by atoms with Gasteiger partial charge in [0, 0.05) is 18.7 Å². The normalized spacial score (nSPS) is 19.9. The van der Waals surface area contributed by atoms with Crippen LogP contribution in [0.5, 0.6) is 0 Å². The number of aliphatic imine (C=N–C) groups is 1. The summed E-state index contributed by atoms with van der Waals surface area (Å²) in [6.07, 6.45) is 2.06. The molecule has 0 unspecified atom stereocenters. The molecular weight excluding hydrogens is 289 g/mol. The van der Waals surface area contributed by atoms with Gasteiger partial charge in [0.1, 0.15) is 0 Å². The Morgan fingerprint density at radius 1 is 1.05 bits per heavy atom. The summed E-state index contributed by atoms with van der Waals surface area (Å²) in [5.41, 5.74) is 5.01.